The van der Waals surface area contributed by atoms with Crippen LogP contribution >= 0.6 is 0 Å². The second-order valence-corrected chi connectivity index (χ2v) is 7.39. The van der Waals surface area contributed by atoms with Crippen molar-refractivity contribution in [2.24, 2.45) is 13.0 Å². The van der Waals surface area contributed by atoms with Crippen LogP contribution in [0, 0.1) is 5.92 Å². The summed E-state index contributed by atoms with van der Waals surface area (Å²) in [5.74, 6) is 0.752. The number of nitrogens with one attached hydrogen (secondary N) is 1. The third-order valence-corrected chi connectivity index (χ3v) is 5.46. The van der Waals surface area contributed by atoms with E-state index in [0.717, 1.165) is 16.6 Å². The first-order valence-corrected chi connectivity index (χ1v) is 9.95. The number of fused-ring (bicyclic) bond motifs is 1. The molecule has 0 bridgehead atoms. The van der Waals surface area contributed by atoms with Crippen molar-refractivity contribution in [1.82, 2.24) is 9.47 Å². The predicted molar refractivity (Wildman–Crippen MR) is 115 cm³/mol. The third-order valence-electron chi connectivity index (χ3n) is 5.46. The molecule has 1 aliphatic rings. The van der Waals surface area contributed by atoms with E-state index in [1.54, 1.807) is 12.0 Å². The van der Waals surface area contributed by atoms with E-state index in [0.29, 0.717) is 31.2 Å². The number of aromatic nitrogens is 1. The summed E-state index contributed by atoms with van der Waals surface area (Å²) in [7, 11) is 3.56. The Morgan fingerprint density at radius 2 is 1.93 bits per heavy atom. The molecule has 30 heavy (non-hydrogen) atoms. The Balaban J connectivity index is 1.34. The van der Waals surface area contributed by atoms with Gasteiger partial charge in [-0.2, -0.15) is 0 Å². The molecule has 1 atom stereocenters. The van der Waals surface area contributed by atoms with E-state index in [1.165, 1.54) is 0 Å². The lowest BCUT2D eigenvalue weighted by Crippen LogP contribution is -2.31. The Morgan fingerprint density at radius 3 is 2.73 bits per heavy atom. The fourth-order valence-corrected chi connectivity index (χ4v) is 3.81. The van der Waals surface area contributed by atoms with Gasteiger partial charge in [-0.1, -0.05) is 18.2 Å². The molecule has 1 N–H and O–H groups in total. The summed E-state index contributed by atoms with van der Waals surface area (Å²) in [6.07, 6.45) is 2.17. The van der Waals surface area contributed by atoms with Crippen molar-refractivity contribution in [1.29, 1.82) is 0 Å². The molecular formula is C23H25N3O4. The zero-order valence-corrected chi connectivity index (χ0v) is 17.1. The van der Waals surface area contributed by atoms with Gasteiger partial charge in [-0.3, -0.25) is 9.59 Å². The summed E-state index contributed by atoms with van der Waals surface area (Å²) in [5.41, 5.74) is 1.81. The van der Waals surface area contributed by atoms with Crippen molar-refractivity contribution in [2.75, 3.05) is 32.1 Å². The summed E-state index contributed by atoms with van der Waals surface area (Å²) >= 11 is 0. The molecule has 2 heterocycles. The number of carbonyl (C=O) groups is 2. The summed E-state index contributed by atoms with van der Waals surface area (Å²) in [5, 5.41) is 3.99. The highest BCUT2D eigenvalue weighted by molar-refractivity contribution is 6.03. The first kappa shape index (κ1) is 19.8. The molecule has 0 spiro atoms. The van der Waals surface area contributed by atoms with Crippen LogP contribution in [-0.2, 0) is 16.6 Å². The fraction of sp³-hybridized carbons (Fsp3) is 0.304. The number of aryl methyl sites for hydroxylation is 1. The van der Waals surface area contributed by atoms with Gasteiger partial charge in [0, 0.05) is 37.1 Å². The van der Waals surface area contributed by atoms with Crippen molar-refractivity contribution < 1.29 is 19.1 Å². The van der Waals surface area contributed by atoms with Crippen LogP contribution in [0.1, 0.15) is 6.42 Å². The number of amides is 2. The zero-order valence-electron chi connectivity index (χ0n) is 17.1. The number of likely N-dealkylation sites (tertiary alicyclic amines) is 1. The highest BCUT2D eigenvalue weighted by Gasteiger charge is 2.34. The van der Waals surface area contributed by atoms with Gasteiger partial charge in [-0.15, -0.1) is 0 Å². The van der Waals surface area contributed by atoms with Gasteiger partial charge in [-0.05, 0) is 30.3 Å². The van der Waals surface area contributed by atoms with Crippen molar-refractivity contribution in [3.8, 4) is 11.5 Å². The quantitative estimate of drug-likeness (QED) is 0.653. The average Bonchev–Trinajstić information content (AvgIpc) is 3.32. The van der Waals surface area contributed by atoms with Gasteiger partial charge in [-0.25, -0.2) is 0 Å². The van der Waals surface area contributed by atoms with Crippen LogP contribution in [-0.4, -0.2) is 48.1 Å². The number of carbonyl (C=O) groups excluding carboxylic acids is 2. The number of benzene rings is 2. The van der Waals surface area contributed by atoms with E-state index in [1.807, 2.05) is 66.3 Å². The largest absolute Gasteiger partial charge is 0.493 e. The third kappa shape index (κ3) is 3.96. The maximum absolute atomic E-state index is 12.8. The second kappa shape index (κ2) is 8.49. The summed E-state index contributed by atoms with van der Waals surface area (Å²) < 4.78 is 13.0. The Hall–Kier alpha value is -3.48. The zero-order chi connectivity index (χ0) is 21.1. The number of hydrogen-bond acceptors (Lipinski definition) is 4. The number of rotatable bonds is 7. The first-order chi connectivity index (χ1) is 14.6. The van der Waals surface area contributed by atoms with Crippen molar-refractivity contribution in [3.63, 3.8) is 0 Å². The molecule has 3 aromatic rings. The summed E-state index contributed by atoms with van der Waals surface area (Å²) in [6, 6.07) is 15.2. The van der Waals surface area contributed by atoms with Crippen molar-refractivity contribution >= 4 is 28.4 Å². The number of nitrogens with zero attached hydrogens (tertiary/aromatic N) is 2. The lowest BCUT2D eigenvalue weighted by Gasteiger charge is -2.18. The molecule has 2 amide bonds. The van der Waals surface area contributed by atoms with Crippen LogP contribution in [0.5, 0.6) is 11.5 Å². The molecule has 156 valence electrons. The molecule has 4 rings (SSSR count). The highest BCUT2D eigenvalue weighted by Crippen LogP contribution is 2.27. The number of para-hydroxylation sites is 2. The van der Waals surface area contributed by atoms with Crippen molar-refractivity contribution in [2.45, 2.75) is 6.42 Å². The van der Waals surface area contributed by atoms with E-state index >= 15 is 0 Å². The van der Waals surface area contributed by atoms with Crippen molar-refractivity contribution in [3.05, 3.63) is 54.7 Å². The minimum Gasteiger partial charge on any atom is -0.493 e. The Kier molecular flexibility index (Phi) is 5.61. The molecule has 7 heteroatoms. The molecule has 2 aromatic carbocycles. The molecule has 1 fully saturated rings. The van der Waals surface area contributed by atoms with Gasteiger partial charge in [0.05, 0.1) is 25.3 Å². The Labute approximate surface area is 175 Å². The lowest BCUT2D eigenvalue weighted by atomic mass is 10.1. The van der Waals surface area contributed by atoms with Crippen LogP contribution in [0.3, 0.4) is 0 Å². The van der Waals surface area contributed by atoms with Gasteiger partial charge >= 0.3 is 0 Å². The lowest BCUT2D eigenvalue weighted by molar-refractivity contribution is -0.128. The van der Waals surface area contributed by atoms with Gasteiger partial charge in [0.1, 0.15) is 6.61 Å². The summed E-state index contributed by atoms with van der Waals surface area (Å²) in [4.78, 5) is 26.9. The molecule has 7 nitrogen and oxygen atoms in total. The predicted octanol–water partition coefficient (Wildman–Crippen LogP) is 3.05. The molecular weight excluding hydrogens is 382 g/mol. The molecule has 1 unspecified atom stereocenters. The van der Waals surface area contributed by atoms with Crippen LogP contribution in [0.15, 0.2) is 54.7 Å². The van der Waals surface area contributed by atoms with Crippen LogP contribution in [0.25, 0.3) is 10.9 Å². The molecule has 1 aliphatic heterocycles. The van der Waals surface area contributed by atoms with E-state index in [9.17, 15) is 9.59 Å². The Bertz CT molecular complexity index is 1080. The fourth-order valence-electron chi connectivity index (χ4n) is 3.81. The van der Waals surface area contributed by atoms with E-state index < -0.39 is 0 Å². The van der Waals surface area contributed by atoms with E-state index in [-0.39, 0.29) is 24.2 Å². The molecule has 1 saturated heterocycles. The van der Waals surface area contributed by atoms with Gasteiger partial charge in [0.15, 0.2) is 11.5 Å². The SMILES string of the molecule is COc1ccccc1OCCN1CC(C(=O)Nc2cccc3c2ccn3C)CC1=O. The summed E-state index contributed by atoms with van der Waals surface area (Å²) in [6.45, 7) is 1.16. The standard InChI is InChI=1S/C23H25N3O4/c1-25-11-10-17-18(6-5-7-19(17)25)24-23(28)16-14-22(27)26(15-16)12-13-30-21-9-4-3-8-20(21)29-2/h3-11,16H,12-15H2,1-2H3,(H,24,28). The number of hydrogen-bond donors (Lipinski definition) is 1. The van der Waals surface area contributed by atoms with E-state index in [2.05, 4.69) is 5.32 Å². The van der Waals surface area contributed by atoms with Crippen LogP contribution in [0.2, 0.25) is 0 Å². The van der Waals surface area contributed by atoms with Gasteiger partial charge < -0.3 is 24.3 Å². The maximum Gasteiger partial charge on any atom is 0.229 e. The average molecular weight is 407 g/mol. The monoisotopic (exact) mass is 407 g/mol. The number of methoxy groups -OCH3 is 1. The topological polar surface area (TPSA) is 72.8 Å². The van der Waals surface area contributed by atoms with Crippen LogP contribution < -0.4 is 14.8 Å². The number of anilines is 1. The first-order valence-electron chi connectivity index (χ1n) is 9.95. The number of ether oxygens (including phenoxy) is 2. The van der Waals surface area contributed by atoms with E-state index in [4.69, 9.17) is 9.47 Å². The van der Waals surface area contributed by atoms with Gasteiger partial charge in [0.25, 0.3) is 0 Å². The minimum atomic E-state index is -0.372. The normalized spacial score (nSPS) is 16.1. The van der Waals surface area contributed by atoms with Gasteiger partial charge in [0.2, 0.25) is 11.8 Å². The Morgan fingerprint density at radius 1 is 1.13 bits per heavy atom. The smallest absolute Gasteiger partial charge is 0.229 e. The van der Waals surface area contributed by atoms with Crippen LogP contribution in [0.4, 0.5) is 5.69 Å². The molecule has 0 radical (unpaired) electrons. The maximum atomic E-state index is 12.8. The highest BCUT2D eigenvalue weighted by atomic mass is 16.5. The molecule has 0 aliphatic carbocycles. The minimum absolute atomic E-state index is 0.0308. The molecule has 0 saturated carbocycles. The molecule has 1 aromatic heterocycles. The second-order valence-electron chi connectivity index (χ2n) is 7.39.